The van der Waals surface area contributed by atoms with Crippen LogP contribution in [0.4, 0.5) is 0 Å². The Morgan fingerprint density at radius 3 is 1.62 bits per heavy atom. The predicted molar refractivity (Wildman–Crippen MR) is 159 cm³/mol. The second kappa shape index (κ2) is 27.9. The van der Waals surface area contributed by atoms with E-state index in [1.54, 1.807) is 6.08 Å². The summed E-state index contributed by atoms with van der Waals surface area (Å²) in [6, 6.07) is 9.27. The number of rotatable bonds is 22. The minimum atomic E-state index is -0.665. The fraction of sp³-hybridized carbons (Fsp3) is 0.545. The maximum atomic E-state index is 11.2. The van der Waals surface area contributed by atoms with Gasteiger partial charge in [0.25, 0.3) is 0 Å². The first kappa shape index (κ1) is 35.9. The average molecular weight is 543 g/mol. The summed E-state index contributed by atoms with van der Waals surface area (Å²) in [7, 11) is 0. The second-order valence-electron chi connectivity index (χ2n) is 9.36. The molecule has 0 aliphatic heterocycles. The first-order chi connectivity index (χ1) is 19.0. The van der Waals surface area contributed by atoms with Crippen molar-refractivity contribution in [1.29, 1.82) is 0 Å². The van der Waals surface area contributed by atoms with Crippen molar-refractivity contribution in [3.63, 3.8) is 0 Å². The highest BCUT2D eigenvalue weighted by Crippen LogP contribution is 2.13. The van der Waals surface area contributed by atoms with Gasteiger partial charge in [-0.1, -0.05) is 140 Å². The van der Waals surface area contributed by atoms with Gasteiger partial charge in [-0.2, -0.15) is 0 Å². The molecule has 0 spiro atoms. The molecule has 0 radical (unpaired) electrons. The highest BCUT2D eigenvalue weighted by atomic mass is 16.6. The Bertz CT molecular complexity index is 800. The lowest BCUT2D eigenvalue weighted by Gasteiger charge is -2.03. The van der Waals surface area contributed by atoms with Crippen LogP contribution in [-0.4, -0.2) is 24.5 Å². The van der Waals surface area contributed by atoms with Gasteiger partial charge in [0, 0.05) is 12.5 Å². The molecule has 0 bridgehead atoms. The zero-order valence-electron chi connectivity index (χ0n) is 24.1. The van der Waals surface area contributed by atoms with Crippen LogP contribution in [0, 0.1) is 0 Å². The monoisotopic (exact) mass is 542 g/mol. The number of carbonyl (C=O) groups excluding carboxylic acids is 3. The predicted octanol–water partition coefficient (Wildman–Crippen LogP) is 8.86. The molecule has 0 aliphatic carbocycles. The summed E-state index contributed by atoms with van der Waals surface area (Å²) in [6.07, 6.45) is 25.7. The molecular formula is C33H50O6. The van der Waals surface area contributed by atoms with E-state index in [2.05, 4.69) is 34.3 Å². The number of hydrogen-bond acceptors (Lipinski definition) is 6. The Kier molecular flexibility index (Phi) is 25.6. The van der Waals surface area contributed by atoms with E-state index in [-0.39, 0.29) is 5.97 Å². The number of benzene rings is 1. The maximum absolute atomic E-state index is 11.2. The molecule has 0 fully saturated rings. The van der Waals surface area contributed by atoms with Gasteiger partial charge in [0.2, 0.25) is 0 Å². The SMILES string of the molecule is C=COC(=O)CCCCCCCCCCCCCCCCC.C=COC(=O)COC(=O)C=Cc1ccccc1. The summed E-state index contributed by atoms with van der Waals surface area (Å²) in [5, 5.41) is 0. The topological polar surface area (TPSA) is 78.9 Å². The molecule has 0 N–H and O–H groups in total. The van der Waals surface area contributed by atoms with Gasteiger partial charge >= 0.3 is 17.9 Å². The second-order valence-corrected chi connectivity index (χ2v) is 9.36. The number of esters is 3. The molecule has 1 aromatic rings. The molecule has 6 nitrogen and oxygen atoms in total. The van der Waals surface area contributed by atoms with E-state index < -0.39 is 18.5 Å². The summed E-state index contributed by atoms with van der Waals surface area (Å²) in [4.78, 5) is 33.1. The molecule has 6 heteroatoms. The first-order valence-corrected chi connectivity index (χ1v) is 14.5. The number of unbranched alkanes of at least 4 members (excludes halogenated alkanes) is 14. The largest absolute Gasteiger partial charge is 0.450 e. The molecule has 0 heterocycles. The Morgan fingerprint density at radius 2 is 1.13 bits per heavy atom. The normalized spacial score (nSPS) is 10.3. The highest BCUT2D eigenvalue weighted by molar-refractivity contribution is 5.88. The van der Waals surface area contributed by atoms with Crippen molar-refractivity contribution < 1.29 is 28.6 Å². The van der Waals surface area contributed by atoms with Gasteiger partial charge < -0.3 is 14.2 Å². The summed E-state index contributed by atoms with van der Waals surface area (Å²) >= 11 is 0. The highest BCUT2D eigenvalue weighted by Gasteiger charge is 2.04. The standard InChI is InChI=1S/C20H38O2.C13H12O4/c1-3-5-6-7-8-9-10-11-12-13-14-15-16-17-18-19-20(21)22-4-2;1-2-16-13(15)10-17-12(14)9-8-11-6-4-3-5-7-11/h4H,2-3,5-19H2,1H3;2-9H,1,10H2. The average Bonchev–Trinajstić information content (AvgIpc) is 2.94. The van der Waals surface area contributed by atoms with Crippen molar-refractivity contribution in [3.05, 3.63) is 67.7 Å². The van der Waals surface area contributed by atoms with E-state index in [9.17, 15) is 14.4 Å². The van der Waals surface area contributed by atoms with Crippen LogP contribution in [0.15, 0.2) is 62.1 Å². The molecule has 0 saturated heterocycles. The van der Waals surface area contributed by atoms with E-state index >= 15 is 0 Å². The van der Waals surface area contributed by atoms with Crippen LogP contribution < -0.4 is 0 Å². The molecule has 1 rings (SSSR count). The summed E-state index contributed by atoms with van der Waals surface area (Å²) in [5.41, 5.74) is 0.873. The molecule has 1 aromatic carbocycles. The molecule has 0 aromatic heterocycles. The van der Waals surface area contributed by atoms with E-state index in [1.807, 2.05) is 30.3 Å². The lowest BCUT2D eigenvalue weighted by Crippen LogP contribution is -2.12. The van der Waals surface area contributed by atoms with Crippen LogP contribution in [0.1, 0.15) is 115 Å². The molecule has 0 unspecified atom stereocenters. The molecule has 39 heavy (non-hydrogen) atoms. The molecule has 0 saturated carbocycles. The number of carbonyl (C=O) groups is 3. The van der Waals surface area contributed by atoms with Crippen molar-refractivity contribution in [2.24, 2.45) is 0 Å². The van der Waals surface area contributed by atoms with Gasteiger partial charge in [-0.15, -0.1) is 0 Å². The number of hydrogen-bond donors (Lipinski definition) is 0. The van der Waals surface area contributed by atoms with Gasteiger partial charge in [0.1, 0.15) is 0 Å². The van der Waals surface area contributed by atoms with Gasteiger partial charge in [0.15, 0.2) is 6.61 Å². The van der Waals surface area contributed by atoms with Crippen LogP contribution >= 0.6 is 0 Å². The van der Waals surface area contributed by atoms with E-state index in [0.29, 0.717) is 6.42 Å². The minimum absolute atomic E-state index is 0.148. The zero-order valence-corrected chi connectivity index (χ0v) is 24.1. The summed E-state index contributed by atoms with van der Waals surface area (Å²) in [6.45, 7) is 8.43. The van der Waals surface area contributed by atoms with Crippen molar-refractivity contribution in [2.45, 2.75) is 110 Å². The van der Waals surface area contributed by atoms with Gasteiger partial charge in [0.05, 0.1) is 12.5 Å². The molecule has 0 amide bonds. The fourth-order valence-electron chi connectivity index (χ4n) is 3.83. The van der Waals surface area contributed by atoms with E-state index in [0.717, 1.165) is 24.7 Å². The van der Waals surface area contributed by atoms with Crippen LogP contribution in [0.3, 0.4) is 0 Å². The minimum Gasteiger partial charge on any atom is -0.450 e. The zero-order chi connectivity index (χ0) is 28.8. The van der Waals surface area contributed by atoms with Crippen molar-refractivity contribution in [2.75, 3.05) is 6.61 Å². The Morgan fingerprint density at radius 1 is 0.667 bits per heavy atom. The lowest BCUT2D eigenvalue weighted by atomic mass is 10.0. The molecule has 0 aliphatic rings. The third-order valence-corrected chi connectivity index (χ3v) is 5.96. The summed E-state index contributed by atoms with van der Waals surface area (Å²) < 4.78 is 13.7. The first-order valence-electron chi connectivity index (χ1n) is 14.5. The fourth-order valence-corrected chi connectivity index (χ4v) is 3.83. The molecule has 0 atom stereocenters. The summed E-state index contributed by atoms with van der Waals surface area (Å²) in [5.74, 6) is -1.42. The van der Waals surface area contributed by atoms with Gasteiger partial charge in [-0.25, -0.2) is 9.59 Å². The lowest BCUT2D eigenvalue weighted by molar-refractivity contribution is -0.152. The van der Waals surface area contributed by atoms with Crippen molar-refractivity contribution >= 4 is 24.0 Å². The van der Waals surface area contributed by atoms with E-state index in [1.165, 1.54) is 95.8 Å². The molecular weight excluding hydrogens is 492 g/mol. The number of ether oxygens (including phenoxy) is 3. The van der Waals surface area contributed by atoms with Gasteiger partial charge in [-0.05, 0) is 18.1 Å². The van der Waals surface area contributed by atoms with Gasteiger partial charge in [-0.3, -0.25) is 4.79 Å². The van der Waals surface area contributed by atoms with E-state index in [4.69, 9.17) is 0 Å². The molecule has 218 valence electrons. The maximum Gasteiger partial charge on any atom is 0.349 e. The van der Waals surface area contributed by atoms with Crippen LogP contribution in [0.5, 0.6) is 0 Å². The third-order valence-electron chi connectivity index (χ3n) is 5.96. The quantitative estimate of drug-likeness (QED) is 0.0479. The Balaban J connectivity index is 0.000000763. The van der Waals surface area contributed by atoms with Crippen molar-refractivity contribution in [1.82, 2.24) is 0 Å². The van der Waals surface area contributed by atoms with Crippen molar-refractivity contribution in [3.8, 4) is 0 Å². The van der Waals surface area contributed by atoms with Crippen LogP contribution in [0.2, 0.25) is 0 Å². The third kappa shape index (κ3) is 26.3. The Hall–Kier alpha value is -3.15. The smallest absolute Gasteiger partial charge is 0.349 e. The van der Waals surface area contributed by atoms with Crippen LogP contribution in [0.25, 0.3) is 6.08 Å². The van der Waals surface area contributed by atoms with Crippen LogP contribution in [-0.2, 0) is 28.6 Å². The Labute approximate surface area is 236 Å².